The Morgan fingerprint density at radius 3 is 2.27 bits per heavy atom. The van der Waals surface area contributed by atoms with Crippen molar-refractivity contribution in [2.24, 2.45) is 10.4 Å². The summed E-state index contributed by atoms with van der Waals surface area (Å²) in [5, 5.41) is 6.48. The highest BCUT2D eigenvalue weighted by Gasteiger charge is 2.42. The van der Waals surface area contributed by atoms with Gasteiger partial charge in [-0.2, -0.15) is 0 Å². The van der Waals surface area contributed by atoms with E-state index in [1.165, 1.54) is 10.6 Å². The molecule has 0 aliphatic heterocycles. The third-order valence-corrected chi connectivity index (χ3v) is 6.32. The van der Waals surface area contributed by atoms with Crippen LogP contribution in [-0.4, -0.2) is 83.1 Å². The molecule has 8 nitrogen and oxygen atoms in total. The van der Waals surface area contributed by atoms with E-state index in [1.54, 1.807) is 26.0 Å². The summed E-state index contributed by atoms with van der Waals surface area (Å²) in [6.07, 6.45) is 5.86. The number of sulfonamides is 1. The molecule has 1 rings (SSSR count). The number of nitrogens with zero attached hydrogens (tertiary/aromatic N) is 3. The second-order valence-electron chi connectivity index (χ2n) is 7.15. The van der Waals surface area contributed by atoms with Gasteiger partial charge >= 0.3 is 0 Å². The summed E-state index contributed by atoms with van der Waals surface area (Å²) < 4.78 is 24.6. The van der Waals surface area contributed by atoms with Gasteiger partial charge in [-0.05, 0) is 19.3 Å². The molecule has 0 bridgehead atoms. The summed E-state index contributed by atoms with van der Waals surface area (Å²) in [6.45, 7) is 3.95. The van der Waals surface area contributed by atoms with Gasteiger partial charge < -0.3 is 15.5 Å². The number of rotatable bonds is 9. The molecule has 1 aliphatic carbocycles. The number of nitrogens with one attached hydrogen (secondary N) is 2. The quantitative estimate of drug-likeness (QED) is 0.340. The third-order valence-electron chi connectivity index (χ3n) is 4.94. The van der Waals surface area contributed by atoms with Crippen molar-refractivity contribution in [3.05, 3.63) is 0 Å². The van der Waals surface area contributed by atoms with Crippen molar-refractivity contribution in [3.63, 3.8) is 0 Å². The van der Waals surface area contributed by atoms with E-state index in [2.05, 4.69) is 15.6 Å². The van der Waals surface area contributed by atoms with E-state index >= 15 is 0 Å². The highest BCUT2D eigenvalue weighted by Crippen LogP contribution is 2.38. The minimum atomic E-state index is -3.15. The van der Waals surface area contributed by atoms with Gasteiger partial charge in [-0.3, -0.25) is 9.79 Å². The highest BCUT2D eigenvalue weighted by molar-refractivity contribution is 7.88. The lowest BCUT2D eigenvalue weighted by molar-refractivity contribution is -0.138. The van der Waals surface area contributed by atoms with Crippen LogP contribution >= 0.6 is 0 Å². The average Bonchev–Trinajstić information content (AvgIpc) is 3.05. The number of carbonyl (C=O) groups excluding carboxylic acids is 1. The Bertz CT molecular complexity index is 583. The number of guanidine groups is 1. The molecule has 0 atom stereocenters. The first kappa shape index (κ1) is 22.7. The minimum absolute atomic E-state index is 0.171. The van der Waals surface area contributed by atoms with Crippen LogP contribution in [0.15, 0.2) is 4.99 Å². The Morgan fingerprint density at radius 1 is 1.19 bits per heavy atom. The molecule has 0 aromatic heterocycles. The molecular formula is C17H35N5O3S. The molecule has 0 saturated heterocycles. The topological polar surface area (TPSA) is 94.1 Å². The second-order valence-corrected chi connectivity index (χ2v) is 9.13. The van der Waals surface area contributed by atoms with Gasteiger partial charge in [0.2, 0.25) is 15.9 Å². The molecule has 152 valence electrons. The van der Waals surface area contributed by atoms with Crippen LogP contribution in [0.5, 0.6) is 0 Å². The third kappa shape index (κ3) is 6.42. The molecule has 0 unspecified atom stereocenters. The van der Waals surface area contributed by atoms with E-state index in [4.69, 9.17) is 0 Å². The molecule has 1 amide bonds. The van der Waals surface area contributed by atoms with Crippen molar-refractivity contribution in [2.75, 3.05) is 53.6 Å². The Morgan fingerprint density at radius 2 is 1.81 bits per heavy atom. The zero-order valence-electron chi connectivity index (χ0n) is 16.8. The zero-order valence-corrected chi connectivity index (χ0v) is 17.7. The van der Waals surface area contributed by atoms with Crippen LogP contribution in [0, 0.1) is 5.41 Å². The maximum Gasteiger partial charge on any atom is 0.230 e. The number of carbonyl (C=O) groups is 1. The van der Waals surface area contributed by atoms with Gasteiger partial charge in [-0.15, -0.1) is 0 Å². The van der Waals surface area contributed by atoms with E-state index in [1.807, 2.05) is 6.92 Å². The van der Waals surface area contributed by atoms with Crippen LogP contribution in [0.4, 0.5) is 0 Å². The number of hydrogen-bond acceptors (Lipinski definition) is 4. The van der Waals surface area contributed by atoms with Gasteiger partial charge in [0.1, 0.15) is 0 Å². The predicted molar refractivity (Wildman–Crippen MR) is 106 cm³/mol. The zero-order chi connectivity index (χ0) is 19.8. The molecule has 0 aromatic rings. The molecule has 26 heavy (non-hydrogen) atoms. The lowest BCUT2D eigenvalue weighted by Crippen LogP contribution is -2.49. The molecule has 1 aliphatic rings. The van der Waals surface area contributed by atoms with E-state index in [-0.39, 0.29) is 11.3 Å². The van der Waals surface area contributed by atoms with Crippen LogP contribution in [-0.2, 0) is 14.8 Å². The highest BCUT2D eigenvalue weighted by atomic mass is 32.2. The largest absolute Gasteiger partial charge is 0.356 e. The van der Waals surface area contributed by atoms with Crippen molar-refractivity contribution < 1.29 is 13.2 Å². The van der Waals surface area contributed by atoms with Gasteiger partial charge in [-0.25, -0.2) is 12.7 Å². The predicted octanol–water partition coefficient (Wildman–Crippen LogP) is 0.472. The van der Waals surface area contributed by atoms with Crippen molar-refractivity contribution in [1.82, 2.24) is 19.8 Å². The summed E-state index contributed by atoms with van der Waals surface area (Å²) in [7, 11) is 2.15. The average molecular weight is 390 g/mol. The lowest BCUT2D eigenvalue weighted by Gasteiger charge is -2.31. The normalized spacial score (nSPS) is 17.4. The summed E-state index contributed by atoms with van der Waals surface area (Å²) in [6, 6.07) is 0. The first-order valence-electron chi connectivity index (χ1n) is 9.27. The van der Waals surface area contributed by atoms with Gasteiger partial charge in [0, 0.05) is 47.3 Å². The van der Waals surface area contributed by atoms with Crippen LogP contribution in [0.25, 0.3) is 0 Å². The Labute approximate surface area is 158 Å². The fraction of sp³-hybridized carbons (Fsp3) is 0.882. The Hall–Kier alpha value is -1.35. The van der Waals surface area contributed by atoms with Crippen LogP contribution in [0.2, 0.25) is 0 Å². The fourth-order valence-electron chi connectivity index (χ4n) is 3.49. The maximum atomic E-state index is 12.6. The van der Waals surface area contributed by atoms with Gasteiger partial charge in [0.15, 0.2) is 5.96 Å². The van der Waals surface area contributed by atoms with Crippen molar-refractivity contribution in [2.45, 2.75) is 39.0 Å². The fourth-order valence-corrected chi connectivity index (χ4v) is 4.42. The molecule has 1 saturated carbocycles. The molecule has 0 heterocycles. The smallest absolute Gasteiger partial charge is 0.230 e. The first-order chi connectivity index (χ1) is 12.2. The Kier molecular flexibility index (Phi) is 8.82. The van der Waals surface area contributed by atoms with Gasteiger partial charge in [-0.1, -0.05) is 19.8 Å². The molecule has 0 radical (unpaired) electrons. The minimum Gasteiger partial charge on any atom is -0.356 e. The van der Waals surface area contributed by atoms with E-state index in [0.29, 0.717) is 38.6 Å². The van der Waals surface area contributed by atoms with Crippen molar-refractivity contribution in [1.29, 1.82) is 0 Å². The standard InChI is InChI=1S/C17H35N5O3S/c1-6-22(26(5,24)25)13-9-12-19-16(18-2)20-14-17(10-7-8-11-17)15(23)21(3)4/h6-14H2,1-5H3,(H2,18,19,20). The summed E-state index contributed by atoms with van der Waals surface area (Å²) >= 11 is 0. The van der Waals surface area contributed by atoms with Crippen LogP contribution in [0.3, 0.4) is 0 Å². The molecular weight excluding hydrogens is 354 g/mol. The van der Waals surface area contributed by atoms with E-state index in [0.717, 1.165) is 25.7 Å². The second kappa shape index (κ2) is 10.1. The maximum absolute atomic E-state index is 12.6. The van der Waals surface area contributed by atoms with Crippen molar-refractivity contribution >= 4 is 21.9 Å². The van der Waals surface area contributed by atoms with E-state index < -0.39 is 10.0 Å². The van der Waals surface area contributed by atoms with E-state index in [9.17, 15) is 13.2 Å². The molecule has 9 heteroatoms. The van der Waals surface area contributed by atoms with Crippen LogP contribution < -0.4 is 10.6 Å². The SMILES string of the molecule is CCN(CCCNC(=NC)NCC1(C(=O)N(C)C)CCCC1)S(C)(=O)=O. The summed E-state index contributed by atoms with van der Waals surface area (Å²) in [4.78, 5) is 18.5. The summed E-state index contributed by atoms with van der Waals surface area (Å²) in [5.74, 6) is 0.815. The number of amides is 1. The van der Waals surface area contributed by atoms with Crippen LogP contribution in [0.1, 0.15) is 39.0 Å². The molecule has 1 fully saturated rings. The molecule has 2 N–H and O–H groups in total. The monoisotopic (exact) mass is 389 g/mol. The first-order valence-corrected chi connectivity index (χ1v) is 11.1. The number of aliphatic imine (C=N–C) groups is 1. The molecule has 0 spiro atoms. The molecule has 0 aromatic carbocycles. The van der Waals surface area contributed by atoms with Crippen molar-refractivity contribution in [3.8, 4) is 0 Å². The Balaban J connectivity index is 2.49. The number of hydrogen-bond donors (Lipinski definition) is 2. The van der Waals surface area contributed by atoms with Gasteiger partial charge in [0.25, 0.3) is 0 Å². The summed E-state index contributed by atoms with van der Waals surface area (Å²) in [5.41, 5.74) is -0.351. The van der Waals surface area contributed by atoms with Gasteiger partial charge in [0.05, 0.1) is 11.7 Å². The lowest BCUT2D eigenvalue weighted by atomic mass is 9.84.